The van der Waals surface area contributed by atoms with E-state index in [-0.39, 0.29) is 25.5 Å². The number of carbonyl (C=O) groups excluding carboxylic acids is 3. The van der Waals surface area contributed by atoms with Crippen LogP contribution in [0.25, 0.3) is 0 Å². The normalized spacial score (nSPS) is 16.0. The Kier molecular flexibility index (Phi) is 6.32. The van der Waals surface area contributed by atoms with Gasteiger partial charge >= 0.3 is 5.97 Å². The Labute approximate surface area is 170 Å². The van der Waals surface area contributed by atoms with E-state index in [4.69, 9.17) is 4.74 Å². The highest BCUT2D eigenvalue weighted by molar-refractivity contribution is 6.00. The van der Waals surface area contributed by atoms with Crippen LogP contribution in [0.2, 0.25) is 0 Å². The molecule has 0 radical (unpaired) electrons. The average Bonchev–Trinajstić information content (AvgIpc) is 3.07. The number of rotatable bonds is 6. The summed E-state index contributed by atoms with van der Waals surface area (Å²) < 4.78 is 5.16. The van der Waals surface area contributed by atoms with Crippen molar-refractivity contribution < 1.29 is 19.1 Å². The number of benzene rings is 2. The van der Waals surface area contributed by atoms with Gasteiger partial charge in [0, 0.05) is 24.3 Å². The summed E-state index contributed by atoms with van der Waals surface area (Å²) in [5.74, 6) is -1.61. The number of aryl methyl sites for hydroxylation is 3. The van der Waals surface area contributed by atoms with Crippen molar-refractivity contribution in [2.45, 2.75) is 33.6 Å². The summed E-state index contributed by atoms with van der Waals surface area (Å²) in [6, 6.07) is 13.4. The number of carbonyl (C=O) groups is 3. The molecule has 1 atom stereocenters. The predicted molar refractivity (Wildman–Crippen MR) is 112 cm³/mol. The summed E-state index contributed by atoms with van der Waals surface area (Å²) in [6.45, 7) is 5.85. The van der Waals surface area contributed by atoms with Crippen LogP contribution in [-0.2, 0) is 25.5 Å². The first-order chi connectivity index (χ1) is 13.9. The van der Waals surface area contributed by atoms with Crippen LogP contribution in [0.3, 0.4) is 0 Å². The highest BCUT2D eigenvalue weighted by Gasteiger charge is 2.36. The van der Waals surface area contributed by atoms with Crippen LogP contribution in [0.1, 0.15) is 30.0 Å². The van der Waals surface area contributed by atoms with Crippen molar-refractivity contribution in [2.75, 3.05) is 23.4 Å². The van der Waals surface area contributed by atoms with Crippen molar-refractivity contribution in [3.05, 3.63) is 59.2 Å². The zero-order valence-corrected chi connectivity index (χ0v) is 17.0. The molecule has 0 saturated carbocycles. The SMILES string of the molecule is CCc1ccc(N2C[C@@H](C(=O)OCC(=O)Nc3cc(C)cc(C)c3)CC2=O)cc1. The number of hydrogen-bond acceptors (Lipinski definition) is 4. The summed E-state index contributed by atoms with van der Waals surface area (Å²) in [6.07, 6.45) is 1.01. The molecule has 2 amide bonds. The Morgan fingerprint density at radius 2 is 1.76 bits per heavy atom. The highest BCUT2D eigenvalue weighted by Crippen LogP contribution is 2.26. The molecule has 0 bridgehead atoms. The fourth-order valence-electron chi connectivity index (χ4n) is 3.53. The minimum absolute atomic E-state index is 0.0903. The first-order valence-corrected chi connectivity index (χ1v) is 9.79. The molecule has 1 heterocycles. The second kappa shape index (κ2) is 8.90. The maximum absolute atomic E-state index is 12.4. The van der Waals surface area contributed by atoms with Crippen molar-refractivity contribution in [2.24, 2.45) is 5.92 Å². The smallest absolute Gasteiger partial charge is 0.311 e. The highest BCUT2D eigenvalue weighted by atomic mass is 16.5. The standard InChI is InChI=1S/C23H26N2O4/c1-4-17-5-7-20(8-6-17)25-13-18(12-22(25)27)23(28)29-14-21(26)24-19-10-15(2)9-16(3)11-19/h5-11,18H,4,12-14H2,1-3H3,(H,24,26)/t18-/m0/s1. The van der Waals surface area contributed by atoms with Gasteiger partial charge in [-0.05, 0) is 61.2 Å². The number of nitrogens with zero attached hydrogens (tertiary/aromatic N) is 1. The van der Waals surface area contributed by atoms with Crippen LogP contribution in [-0.4, -0.2) is 30.9 Å². The summed E-state index contributed by atoms with van der Waals surface area (Å²) in [7, 11) is 0. The number of amides is 2. The Balaban J connectivity index is 1.52. The minimum Gasteiger partial charge on any atom is -0.455 e. The van der Waals surface area contributed by atoms with E-state index in [2.05, 4.69) is 12.2 Å². The summed E-state index contributed by atoms with van der Waals surface area (Å²) in [5.41, 5.74) is 4.70. The number of hydrogen-bond donors (Lipinski definition) is 1. The monoisotopic (exact) mass is 394 g/mol. The zero-order valence-electron chi connectivity index (χ0n) is 17.0. The summed E-state index contributed by atoms with van der Waals surface area (Å²) in [5, 5.41) is 2.73. The van der Waals surface area contributed by atoms with E-state index in [1.54, 1.807) is 4.90 Å². The Hall–Kier alpha value is -3.15. The Morgan fingerprint density at radius 3 is 2.38 bits per heavy atom. The van der Waals surface area contributed by atoms with Gasteiger partial charge in [-0.2, -0.15) is 0 Å². The maximum atomic E-state index is 12.4. The Morgan fingerprint density at radius 1 is 1.10 bits per heavy atom. The van der Waals surface area contributed by atoms with Gasteiger partial charge in [-0.15, -0.1) is 0 Å². The van der Waals surface area contributed by atoms with Gasteiger partial charge in [0.25, 0.3) is 5.91 Å². The van der Waals surface area contributed by atoms with Crippen LogP contribution in [0, 0.1) is 19.8 Å². The first kappa shape index (κ1) is 20.6. The second-order valence-corrected chi connectivity index (χ2v) is 7.46. The molecule has 6 nitrogen and oxygen atoms in total. The van der Waals surface area contributed by atoms with E-state index in [0.29, 0.717) is 5.69 Å². The van der Waals surface area contributed by atoms with Crippen LogP contribution in [0.5, 0.6) is 0 Å². The van der Waals surface area contributed by atoms with Gasteiger partial charge in [0.15, 0.2) is 6.61 Å². The molecule has 0 aliphatic carbocycles. The van der Waals surface area contributed by atoms with Crippen molar-refractivity contribution in [1.82, 2.24) is 0 Å². The van der Waals surface area contributed by atoms with Gasteiger partial charge in [-0.3, -0.25) is 14.4 Å². The lowest BCUT2D eigenvalue weighted by molar-refractivity contribution is -0.151. The fraction of sp³-hybridized carbons (Fsp3) is 0.348. The third kappa shape index (κ3) is 5.22. The van der Waals surface area contributed by atoms with Gasteiger partial charge in [0.05, 0.1) is 5.92 Å². The lowest BCUT2D eigenvalue weighted by Crippen LogP contribution is -2.28. The molecule has 2 aromatic rings. The number of nitrogens with one attached hydrogen (secondary N) is 1. The van der Waals surface area contributed by atoms with E-state index in [0.717, 1.165) is 23.2 Å². The van der Waals surface area contributed by atoms with Crippen LogP contribution in [0.4, 0.5) is 11.4 Å². The molecule has 0 unspecified atom stereocenters. The molecule has 1 aliphatic rings. The van der Waals surface area contributed by atoms with Crippen molar-refractivity contribution in [3.8, 4) is 0 Å². The fourth-order valence-corrected chi connectivity index (χ4v) is 3.53. The molecular formula is C23H26N2O4. The molecule has 29 heavy (non-hydrogen) atoms. The topological polar surface area (TPSA) is 75.7 Å². The lowest BCUT2D eigenvalue weighted by atomic mass is 10.1. The van der Waals surface area contributed by atoms with E-state index in [9.17, 15) is 14.4 Å². The minimum atomic E-state index is -0.567. The van der Waals surface area contributed by atoms with Crippen molar-refractivity contribution in [1.29, 1.82) is 0 Å². The molecule has 3 rings (SSSR count). The summed E-state index contributed by atoms with van der Waals surface area (Å²) in [4.78, 5) is 38.4. The zero-order chi connectivity index (χ0) is 21.0. The molecule has 0 spiro atoms. The van der Waals surface area contributed by atoms with Gasteiger partial charge in [-0.25, -0.2) is 0 Å². The van der Waals surface area contributed by atoms with Crippen molar-refractivity contribution in [3.63, 3.8) is 0 Å². The molecule has 1 fully saturated rings. The third-order valence-corrected chi connectivity index (χ3v) is 4.97. The molecule has 6 heteroatoms. The Bertz CT molecular complexity index is 901. The van der Waals surface area contributed by atoms with Gasteiger partial charge < -0.3 is 15.0 Å². The molecule has 152 valence electrons. The molecular weight excluding hydrogens is 368 g/mol. The van der Waals surface area contributed by atoms with Gasteiger partial charge in [-0.1, -0.05) is 25.1 Å². The lowest BCUT2D eigenvalue weighted by Gasteiger charge is -2.17. The van der Waals surface area contributed by atoms with E-state index in [1.165, 1.54) is 5.56 Å². The van der Waals surface area contributed by atoms with Crippen LogP contribution in [0.15, 0.2) is 42.5 Å². The maximum Gasteiger partial charge on any atom is 0.311 e. The molecule has 1 saturated heterocycles. The molecule has 1 aliphatic heterocycles. The molecule has 1 N–H and O–H groups in total. The number of esters is 1. The molecule has 2 aromatic carbocycles. The van der Waals surface area contributed by atoms with Gasteiger partial charge in [0.1, 0.15) is 0 Å². The third-order valence-electron chi connectivity index (χ3n) is 4.97. The summed E-state index contributed by atoms with van der Waals surface area (Å²) >= 11 is 0. The largest absolute Gasteiger partial charge is 0.455 e. The number of anilines is 2. The first-order valence-electron chi connectivity index (χ1n) is 9.79. The van der Waals surface area contributed by atoms with Crippen LogP contribution < -0.4 is 10.2 Å². The van der Waals surface area contributed by atoms with Gasteiger partial charge in [0.2, 0.25) is 5.91 Å². The quantitative estimate of drug-likeness (QED) is 0.762. The van der Waals surface area contributed by atoms with E-state index < -0.39 is 17.8 Å². The number of ether oxygens (including phenoxy) is 1. The molecule has 0 aromatic heterocycles. The van der Waals surface area contributed by atoms with Crippen molar-refractivity contribution >= 4 is 29.2 Å². The average molecular weight is 394 g/mol. The van der Waals surface area contributed by atoms with E-state index >= 15 is 0 Å². The predicted octanol–water partition coefficient (Wildman–Crippen LogP) is 3.40. The second-order valence-electron chi connectivity index (χ2n) is 7.46. The van der Waals surface area contributed by atoms with Crippen LogP contribution >= 0.6 is 0 Å². The van der Waals surface area contributed by atoms with E-state index in [1.807, 2.05) is 56.3 Å².